The van der Waals surface area contributed by atoms with E-state index in [9.17, 15) is 9.59 Å². The van der Waals surface area contributed by atoms with Gasteiger partial charge in [0.1, 0.15) is 6.04 Å². The number of esters is 1. The molecule has 5 nitrogen and oxygen atoms in total. The molecule has 0 spiro atoms. The number of methoxy groups -OCH3 is 1. The molecule has 0 aliphatic carbocycles. The summed E-state index contributed by atoms with van der Waals surface area (Å²) < 4.78 is 4.64. The van der Waals surface area contributed by atoms with Gasteiger partial charge in [-0.3, -0.25) is 4.79 Å². The van der Waals surface area contributed by atoms with Crippen LogP contribution in [0.15, 0.2) is 30.3 Å². The number of rotatable bonds is 6. The molecule has 0 aliphatic rings. The van der Waals surface area contributed by atoms with E-state index in [1.54, 1.807) is 6.92 Å². The first kappa shape index (κ1) is 19.4. The lowest BCUT2D eigenvalue weighted by atomic mass is 9.94. The minimum Gasteiger partial charge on any atom is -0.467 e. The number of nitrogens with one attached hydrogen (secondary N) is 1. The Morgan fingerprint density at radius 3 is 2.33 bits per heavy atom. The number of benzene rings is 1. The van der Waals surface area contributed by atoms with Crippen molar-refractivity contribution in [1.82, 2.24) is 5.32 Å². The van der Waals surface area contributed by atoms with Crippen molar-refractivity contribution in [3.05, 3.63) is 35.9 Å². The fraction of sp³-hybridized carbons (Fsp3) is 0.467. The molecule has 1 aromatic carbocycles. The molecule has 0 aromatic heterocycles. The monoisotopic (exact) mass is 314 g/mol. The summed E-state index contributed by atoms with van der Waals surface area (Å²) in [7, 11) is 1.30. The maximum absolute atomic E-state index is 12.1. The molecule has 0 bridgehead atoms. The molecular formula is C15H23ClN2O3. The standard InChI is InChI=1S/C15H22N2O3.ClH/c1-4-12(15(19)20-3)17-14(18)10(2)13(16)11-8-6-5-7-9-11;/h5-10,12-13H,4,16H2,1-3H3,(H,17,18);1H. The van der Waals surface area contributed by atoms with Crippen molar-refractivity contribution in [3.8, 4) is 0 Å². The smallest absolute Gasteiger partial charge is 0.328 e. The van der Waals surface area contributed by atoms with E-state index in [4.69, 9.17) is 5.73 Å². The van der Waals surface area contributed by atoms with Gasteiger partial charge in [0.2, 0.25) is 5.91 Å². The lowest BCUT2D eigenvalue weighted by Crippen LogP contribution is -2.45. The van der Waals surface area contributed by atoms with Gasteiger partial charge < -0.3 is 15.8 Å². The first-order valence-electron chi connectivity index (χ1n) is 6.70. The second-order valence-electron chi connectivity index (χ2n) is 4.72. The van der Waals surface area contributed by atoms with Crippen LogP contribution in [0, 0.1) is 5.92 Å². The molecule has 1 amide bonds. The Bertz CT molecular complexity index is 453. The number of amides is 1. The van der Waals surface area contributed by atoms with E-state index in [1.165, 1.54) is 7.11 Å². The van der Waals surface area contributed by atoms with E-state index in [2.05, 4.69) is 10.1 Å². The molecule has 0 saturated heterocycles. The Morgan fingerprint density at radius 1 is 1.29 bits per heavy atom. The Morgan fingerprint density at radius 2 is 1.86 bits per heavy atom. The Balaban J connectivity index is 0.00000400. The van der Waals surface area contributed by atoms with Crippen molar-refractivity contribution in [1.29, 1.82) is 0 Å². The van der Waals surface area contributed by atoms with Crippen LogP contribution in [0.2, 0.25) is 0 Å². The highest BCUT2D eigenvalue weighted by molar-refractivity contribution is 5.86. The minimum atomic E-state index is -0.627. The SMILES string of the molecule is CCC(NC(=O)C(C)C(N)c1ccccc1)C(=O)OC.Cl. The summed E-state index contributed by atoms with van der Waals surface area (Å²) in [6.45, 7) is 3.56. The molecule has 118 valence electrons. The summed E-state index contributed by atoms with van der Waals surface area (Å²) in [4.78, 5) is 23.6. The summed E-state index contributed by atoms with van der Waals surface area (Å²) in [5, 5.41) is 2.67. The molecule has 21 heavy (non-hydrogen) atoms. The third-order valence-corrected chi connectivity index (χ3v) is 3.35. The van der Waals surface area contributed by atoms with E-state index in [-0.39, 0.29) is 18.3 Å². The zero-order valence-electron chi connectivity index (χ0n) is 12.5. The molecule has 0 fully saturated rings. The van der Waals surface area contributed by atoms with Crippen molar-refractivity contribution >= 4 is 24.3 Å². The van der Waals surface area contributed by atoms with E-state index in [1.807, 2.05) is 37.3 Å². The first-order chi connectivity index (χ1) is 9.51. The van der Waals surface area contributed by atoms with Gasteiger partial charge in [0.25, 0.3) is 0 Å². The molecule has 0 saturated carbocycles. The van der Waals surface area contributed by atoms with Gasteiger partial charge in [-0.2, -0.15) is 0 Å². The second kappa shape index (κ2) is 9.37. The number of halogens is 1. The predicted molar refractivity (Wildman–Crippen MR) is 84.0 cm³/mol. The normalized spacial score (nSPS) is 14.3. The molecule has 0 radical (unpaired) electrons. The molecular weight excluding hydrogens is 292 g/mol. The molecule has 6 heteroatoms. The van der Waals surface area contributed by atoms with Gasteiger partial charge in [-0.15, -0.1) is 12.4 Å². The van der Waals surface area contributed by atoms with Gasteiger partial charge >= 0.3 is 5.97 Å². The Hall–Kier alpha value is -1.59. The fourth-order valence-electron chi connectivity index (χ4n) is 1.90. The third-order valence-electron chi connectivity index (χ3n) is 3.35. The van der Waals surface area contributed by atoms with Crippen molar-refractivity contribution in [2.24, 2.45) is 11.7 Å². The molecule has 3 atom stereocenters. The van der Waals surface area contributed by atoms with Gasteiger partial charge in [0.05, 0.1) is 13.0 Å². The van der Waals surface area contributed by atoms with Crippen LogP contribution in [-0.4, -0.2) is 25.0 Å². The highest BCUT2D eigenvalue weighted by Gasteiger charge is 2.26. The summed E-state index contributed by atoms with van der Waals surface area (Å²) in [5.41, 5.74) is 6.98. The van der Waals surface area contributed by atoms with Gasteiger partial charge in [-0.1, -0.05) is 44.2 Å². The van der Waals surface area contributed by atoms with Crippen molar-refractivity contribution in [3.63, 3.8) is 0 Å². The largest absolute Gasteiger partial charge is 0.467 e. The average Bonchev–Trinajstić information content (AvgIpc) is 2.50. The van der Waals surface area contributed by atoms with Crippen LogP contribution in [-0.2, 0) is 14.3 Å². The fourth-order valence-corrected chi connectivity index (χ4v) is 1.90. The molecule has 1 rings (SSSR count). The van der Waals surface area contributed by atoms with Gasteiger partial charge in [-0.25, -0.2) is 4.79 Å². The van der Waals surface area contributed by atoms with Gasteiger partial charge in [0.15, 0.2) is 0 Å². The third kappa shape index (κ3) is 5.36. The van der Waals surface area contributed by atoms with E-state index < -0.39 is 24.0 Å². The Kier molecular flexibility index (Phi) is 8.66. The maximum atomic E-state index is 12.1. The number of ether oxygens (including phenoxy) is 1. The van der Waals surface area contributed by atoms with Gasteiger partial charge in [0, 0.05) is 6.04 Å². The number of hydrogen-bond donors (Lipinski definition) is 2. The summed E-state index contributed by atoms with van der Waals surface area (Å²) in [6, 6.07) is 8.37. The average molecular weight is 315 g/mol. The predicted octanol–water partition coefficient (Wildman–Crippen LogP) is 1.81. The van der Waals surface area contributed by atoms with Crippen molar-refractivity contribution < 1.29 is 14.3 Å². The molecule has 0 aliphatic heterocycles. The summed E-state index contributed by atoms with van der Waals surface area (Å²) in [6.07, 6.45) is 0.478. The molecule has 3 N–H and O–H groups in total. The molecule has 1 aromatic rings. The topological polar surface area (TPSA) is 81.4 Å². The Labute approximate surface area is 131 Å². The van der Waals surface area contributed by atoms with Crippen LogP contribution in [0.1, 0.15) is 31.9 Å². The van der Waals surface area contributed by atoms with Crippen LogP contribution in [0.4, 0.5) is 0 Å². The number of carbonyl (C=O) groups is 2. The second-order valence-corrected chi connectivity index (χ2v) is 4.72. The number of hydrogen-bond acceptors (Lipinski definition) is 4. The van der Waals surface area contributed by atoms with E-state index >= 15 is 0 Å². The zero-order valence-corrected chi connectivity index (χ0v) is 13.4. The highest BCUT2D eigenvalue weighted by Crippen LogP contribution is 2.19. The first-order valence-corrected chi connectivity index (χ1v) is 6.70. The zero-order chi connectivity index (χ0) is 15.1. The van der Waals surface area contributed by atoms with Crippen LogP contribution in [0.3, 0.4) is 0 Å². The van der Waals surface area contributed by atoms with E-state index in [0.29, 0.717) is 6.42 Å². The quantitative estimate of drug-likeness (QED) is 0.785. The lowest BCUT2D eigenvalue weighted by Gasteiger charge is -2.22. The van der Waals surface area contributed by atoms with Crippen LogP contribution in [0.5, 0.6) is 0 Å². The highest BCUT2D eigenvalue weighted by atomic mass is 35.5. The van der Waals surface area contributed by atoms with Gasteiger partial charge in [-0.05, 0) is 12.0 Å². The van der Waals surface area contributed by atoms with Crippen LogP contribution >= 0.6 is 12.4 Å². The number of nitrogens with two attached hydrogens (primary N) is 1. The van der Waals surface area contributed by atoms with Crippen molar-refractivity contribution in [2.75, 3.05) is 7.11 Å². The lowest BCUT2D eigenvalue weighted by molar-refractivity contribution is -0.145. The number of carbonyl (C=O) groups excluding carboxylic acids is 2. The molecule has 3 unspecified atom stereocenters. The molecule has 0 heterocycles. The summed E-state index contributed by atoms with van der Waals surface area (Å²) in [5.74, 6) is -1.13. The van der Waals surface area contributed by atoms with Crippen LogP contribution in [0.25, 0.3) is 0 Å². The maximum Gasteiger partial charge on any atom is 0.328 e. The minimum absolute atomic E-state index is 0. The summed E-state index contributed by atoms with van der Waals surface area (Å²) >= 11 is 0. The van der Waals surface area contributed by atoms with Crippen LogP contribution < -0.4 is 11.1 Å². The van der Waals surface area contributed by atoms with Crippen molar-refractivity contribution in [2.45, 2.75) is 32.4 Å². The van der Waals surface area contributed by atoms with E-state index in [0.717, 1.165) is 5.56 Å².